The fraction of sp³-hybridized carbons (Fsp3) is 0.211. The quantitative estimate of drug-likeness (QED) is 0.727. The second-order valence-electron chi connectivity index (χ2n) is 5.82. The molecule has 0 atom stereocenters. The molecule has 0 unspecified atom stereocenters. The fourth-order valence-electron chi connectivity index (χ4n) is 3.09. The molecule has 1 amide bonds. The number of carbonyl (C=O) groups excluding carboxylic acids is 1. The molecule has 1 aliphatic heterocycles. The number of pyridine rings is 2. The molecule has 0 spiro atoms. The molecule has 4 nitrogen and oxygen atoms in total. The van der Waals surface area contributed by atoms with Gasteiger partial charge in [-0.1, -0.05) is 30.3 Å². The summed E-state index contributed by atoms with van der Waals surface area (Å²) in [6.07, 6.45) is 5.65. The van der Waals surface area contributed by atoms with Gasteiger partial charge >= 0.3 is 0 Å². The van der Waals surface area contributed by atoms with E-state index in [4.69, 9.17) is 4.98 Å². The Morgan fingerprint density at radius 1 is 1.04 bits per heavy atom. The van der Waals surface area contributed by atoms with Gasteiger partial charge in [0.2, 0.25) is 0 Å². The van der Waals surface area contributed by atoms with Gasteiger partial charge in [0.1, 0.15) is 0 Å². The number of fused-ring (bicyclic) bond motifs is 1. The average molecular weight is 303 g/mol. The first-order valence-corrected chi connectivity index (χ1v) is 7.92. The Bertz CT molecular complexity index is 855. The molecule has 0 N–H and O–H groups in total. The predicted molar refractivity (Wildman–Crippen MR) is 90.1 cm³/mol. The van der Waals surface area contributed by atoms with Gasteiger partial charge in [0, 0.05) is 36.4 Å². The third kappa shape index (κ3) is 2.57. The van der Waals surface area contributed by atoms with E-state index >= 15 is 0 Å². The summed E-state index contributed by atoms with van der Waals surface area (Å²) in [5, 5.41) is 0.898. The van der Waals surface area contributed by atoms with E-state index in [2.05, 4.69) is 4.98 Å². The molecular formula is C19H17N3O. The van der Waals surface area contributed by atoms with Crippen LogP contribution in [0.15, 0.2) is 54.9 Å². The summed E-state index contributed by atoms with van der Waals surface area (Å²) in [5.41, 5.74) is 3.24. The second kappa shape index (κ2) is 5.80. The summed E-state index contributed by atoms with van der Waals surface area (Å²) in [6, 6.07) is 13.7. The zero-order valence-electron chi connectivity index (χ0n) is 12.8. The van der Waals surface area contributed by atoms with E-state index in [1.807, 2.05) is 47.4 Å². The highest BCUT2D eigenvalue weighted by atomic mass is 16.2. The van der Waals surface area contributed by atoms with Crippen LogP contribution in [0.2, 0.25) is 0 Å². The zero-order chi connectivity index (χ0) is 15.6. The first kappa shape index (κ1) is 13.9. The van der Waals surface area contributed by atoms with Crippen LogP contribution in [0.3, 0.4) is 0 Å². The lowest BCUT2D eigenvalue weighted by molar-refractivity contribution is 0.0793. The average Bonchev–Trinajstić information content (AvgIpc) is 3.15. The molecule has 4 heteroatoms. The number of benzene rings is 1. The van der Waals surface area contributed by atoms with E-state index in [9.17, 15) is 4.79 Å². The number of carbonyl (C=O) groups is 1. The number of hydrogen-bond donors (Lipinski definition) is 0. The van der Waals surface area contributed by atoms with Gasteiger partial charge in [0.05, 0.1) is 16.8 Å². The number of amides is 1. The minimum Gasteiger partial charge on any atom is -0.339 e. The van der Waals surface area contributed by atoms with Crippen LogP contribution in [0, 0.1) is 0 Å². The summed E-state index contributed by atoms with van der Waals surface area (Å²) in [4.78, 5) is 23.8. The van der Waals surface area contributed by atoms with Gasteiger partial charge in [-0.2, -0.15) is 0 Å². The van der Waals surface area contributed by atoms with Gasteiger partial charge in [-0.15, -0.1) is 0 Å². The van der Waals surface area contributed by atoms with Crippen LogP contribution in [0.4, 0.5) is 0 Å². The van der Waals surface area contributed by atoms with Crippen LogP contribution in [0.5, 0.6) is 0 Å². The Kier molecular flexibility index (Phi) is 3.50. The van der Waals surface area contributed by atoms with Gasteiger partial charge in [-0.3, -0.25) is 9.78 Å². The number of aromatic nitrogens is 2. The maximum atomic E-state index is 13.0. The highest BCUT2D eigenvalue weighted by molar-refractivity contribution is 6.03. The van der Waals surface area contributed by atoms with Crippen molar-refractivity contribution in [2.24, 2.45) is 0 Å². The molecule has 0 bridgehead atoms. The molecule has 0 aliphatic carbocycles. The van der Waals surface area contributed by atoms with Gasteiger partial charge in [0.15, 0.2) is 0 Å². The fourth-order valence-corrected chi connectivity index (χ4v) is 3.09. The Morgan fingerprint density at radius 3 is 2.61 bits per heavy atom. The van der Waals surface area contributed by atoms with Crippen LogP contribution in [0.1, 0.15) is 23.2 Å². The molecule has 2 aromatic heterocycles. The molecular weight excluding hydrogens is 286 g/mol. The Morgan fingerprint density at radius 2 is 1.83 bits per heavy atom. The van der Waals surface area contributed by atoms with Crippen molar-refractivity contribution >= 4 is 16.8 Å². The highest BCUT2D eigenvalue weighted by Crippen LogP contribution is 2.27. The molecule has 23 heavy (non-hydrogen) atoms. The number of likely N-dealkylation sites (tertiary alicyclic amines) is 1. The van der Waals surface area contributed by atoms with Crippen molar-refractivity contribution in [3.63, 3.8) is 0 Å². The lowest BCUT2D eigenvalue weighted by Gasteiger charge is -2.18. The van der Waals surface area contributed by atoms with E-state index < -0.39 is 0 Å². The number of nitrogens with zero attached hydrogens (tertiary/aromatic N) is 3. The zero-order valence-corrected chi connectivity index (χ0v) is 12.8. The van der Waals surface area contributed by atoms with Gasteiger partial charge in [0.25, 0.3) is 5.91 Å². The third-order valence-electron chi connectivity index (χ3n) is 4.29. The molecule has 0 saturated carbocycles. The normalized spacial score (nSPS) is 14.3. The molecule has 3 aromatic rings. The molecule has 1 aromatic carbocycles. The monoisotopic (exact) mass is 303 g/mol. The van der Waals surface area contributed by atoms with Gasteiger partial charge < -0.3 is 4.90 Å². The summed E-state index contributed by atoms with van der Waals surface area (Å²) in [7, 11) is 0. The summed E-state index contributed by atoms with van der Waals surface area (Å²) in [6.45, 7) is 1.66. The van der Waals surface area contributed by atoms with E-state index in [1.165, 1.54) is 0 Å². The van der Waals surface area contributed by atoms with E-state index in [-0.39, 0.29) is 5.91 Å². The minimum absolute atomic E-state index is 0.0691. The Labute approximate surface area is 134 Å². The maximum Gasteiger partial charge on any atom is 0.256 e. The topological polar surface area (TPSA) is 46.1 Å². The first-order valence-electron chi connectivity index (χ1n) is 7.92. The van der Waals surface area contributed by atoms with Crippen LogP contribution in [-0.4, -0.2) is 33.9 Å². The molecule has 1 saturated heterocycles. The molecule has 1 fully saturated rings. The molecule has 0 radical (unpaired) electrons. The highest BCUT2D eigenvalue weighted by Gasteiger charge is 2.23. The van der Waals surface area contributed by atoms with Crippen molar-refractivity contribution in [2.45, 2.75) is 12.8 Å². The van der Waals surface area contributed by atoms with Crippen LogP contribution < -0.4 is 0 Å². The van der Waals surface area contributed by atoms with Crippen molar-refractivity contribution in [1.29, 1.82) is 0 Å². The lowest BCUT2D eigenvalue weighted by atomic mass is 10.0. The predicted octanol–water partition coefficient (Wildman–Crippen LogP) is 3.53. The second-order valence-corrected chi connectivity index (χ2v) is 5.82. The SMILES string of the molecule is O=C(c1cc2cnccc2nc1-c1ccccc1)N1CCCC1. The first-order chi connectivity index (χ1) is 11.3. The number of hydrogen-bond acceptors (Lipinski definition) is 3. The Balaban J connectivity index is 1.91. The van der Waals surface area contributed by atoms with Gasteiger partial charge in [-0.25, -0.2) is 4.98 Å². The van der Waals surface area contributed by atoms with E-state index in [0.717, 1.165) is 48.1 Å². The van der Waals surface area contributed by atoms with Crippen LogP contribution in [0.25, 0.3) is 22.2 Å². The van der Waals surface area contributed by atoms with Crippen LogP contribution >= 0.6 is 0 Å². The van der Waals surface area contributed by atoms with Crippen molar-refractivity contribution in [3.05, 3.63) is 60.4 Å². The standard InChI is InChI=1S/C19H17N3O/c23-19(22-10-4-5-11-22)16-12-15-13-20-9-8-17(15)21-18(16)14-6-2-1-3-7-14/h1-3,6-9,12-13H,4-5,10-11H2. The smallest absolute Gasteiger partial charge is 0.256 e. The third-order valence-corrected chi connectivity index (χ3v) is 4.29. The molecule has 1 aliphatic rings. The Hall–Kier alpha value is -2.75. The molecule has 114 valence electrons. The van der Waals surface area contributed by atoms with E-state index in [1.54, 1.807) is 12.4 Å². The summed E-state index contributed by atoms with van der Waals surface area (Å²) >= 11 is 0. The lowest BCUT2D eigenvalue weighted by Crippen LogP contribution is -2.28. The van der Waals surface area contributed by atoms with E-state index in [0.29, 0.717) is 5.56 Å². The molecule has 4 rings (SSSR count). The van der Waals surface area contributed by atoms with Gasteiger partial charge in [-0.05, 0) is 25.0 Å². The summed E-state index contributed by atoms with van der Waals surface area (Å²) in [5.74, 6) is 0.0691. The minimum atomic E-state index is 0.0691. The molecule has 3 heterocycles. The van der Waals surface area contributed by atoms with Crippen molar-refractivity contribution in [1.82, 2.24) is 14.9 Å². The van der Waals surface area contributed by atoms with Crippen LogP contribution in [-0.2, 0) is 0 Å². The largest absolute Gasteiger partial charge is 0.339 e. The number of rotatable bonds is 2. The summed E-state index contributed by atoms with van der Waals surface area (Å²) < 4.78 is 0. The van der Waals surface area contributed by atoms with Crippen molar-refractivity contribution in [3.8, 4) is 11.3 Å². The van der Waals surface area contributed by atoms with Crippen molar-refractivity contribution in [2.75, 3.05) is 13.1 Å². The maximum absolute atomic E-state index is 13.0. The van der Waals surface area contributed by atoms with Crippen molar-refractivity contribution < 1.29 is 4.79 Å².